The van der Waals surface area contributed by atoms with Gasteiger partial charge in [0, 0.05) is 22.8 Å². The second-order valence-electron chi connectivity index (χ2n) is 5.66. The van der Waals surface area contributed by atoms with Crippen LogP contribution in [0, 0.1) is 0 Å². The van der Waals surface area contributed by atoms with Crippen LogP contribution >= 0.6 is 0 Å². The summed E-state index contributed by atoms with van der Waals surface area (Å²) in [6.45, 7) is -0.0153. The number of para-hydroxylation sites is 1. The Morgan fingerprint density at radius 2 is 1.77 bits per heavy atom. The Morgan fingerprint density at radius 3 is 2.42 bits per heavy atom. The van der Waals surface area contributed by atoms with Crippen LogP contribution in [0.2, 0.25) is 0 Å². The Hall–Kier alpha value is -3.61. The van der Waals surface area contributed by atoms with Crippen molar-refractivity contribution in [3.8, 4) is 5.75 Å². The molecular weight excluding hydrogens is 334 g/mol. The number of carbonyl (C=O) groups is 3. The quantitative estimate of drug-likeness (QED) is 0.523. The number of fused-ring (bicyclic) bond motifs is 1. The molecule has 0 spiro atoms. The zero-order valence-electron chi connectivity index (χ0n) is 14.1. The predicted molar refractivity (Wildman–Crippen MR) is 97.1 cm³/mol. The van der Waals surface area contributed by atoms with E-state index in [4.69, 9.17) is 10.5 Å². The Kier molecular flexibility index (Phi) is 4.70. The van der Waals surface area contributed by atoms with Crippen molar-refractivity contribution >= 4 is 34.2 Å². The maximum atomic E-state index is 12.4. The van der Waals surface area contributed by atoms with Gasteiger partial charge in [-0.3, -0.25) is 14.4 Å². The molecule has 0 fully saturated rings. The van der Waals surface area contributed by atoms with Gasteiger partial charge in [-0.1, -0.05) is 18.2 Å². The highest BCUT2D eigenvalue weighted by Crippen LogP contribution is 2.22. The number of hydrogen-bond donors (Lipinski definition) is 2. The molecule has 26 heavy (non-hydrogen) atoms. The molecule has 3 N–H and O–H groups in total. The van der Waals surface area contributed by atoms with Gasteiger partial charge in [0.25, 0.3) is 11.7 Å². The number of benzene rings is 2. The molecule has 0 unspecified atom stereocenters. The van der Waals surface area contributed by atoms with E-state index in [1.807, 2.05) is 0 Å². The highest BCUT2D eigenvalue weighted by molar-refractivity contribution is 6.44. The number of ether oxygens (including phenoxy) is 1. The van der Waals surface area contributed by atoms with Crippen LogP contribution in [0.1, 0.15) is 10.4 Å². The molecule has 2 amide bonds. The number of nitrogens with two attached hydrogens (primary N) is 1. The fraction of sp³-hybridized carbons (Fsp3) is 0.105. The number of primary amides is 1. The summed E-state index contributed by atoms with van der Waals surface area (Å²) in [7, 11) is 1.57. The molecule has 0 aliphatic rings. The Bertz CT molecular complexity index is 990. The fourth-order valence-electron chi connectivity index (χ4n) is 2.72. The van der Waals surface area contributed by atoms with Crippen LogP contribution in [0.5, 0.6) is 5.75 Å². The van der Waals surface area contributed by atoms with Crippen LogP contribution in [-0.2, 0) is 16.1 Å². The number of nitrogens with zero attached hydrogens (tertiary/aromatic N) is 1. The van der Waals surface area contributed by atoms with Gasteiger partial charge in [-0.2, -0.15) is 0 Å². The molecule has 0 saturated heterocycles. The predicted octanol–water partition coefficient (Wildman–Crippen LogP) is 1.96. The van der Waals surface area contributed by atoms with Gasteiger partial charge < -0.3 is 20.4 Å². The first-order valence-electron chi connectivity index (χ1n) is 7.85. The van der Waals surface area contributed by atoms with Crippen molar-refractivity contribution in [2.24, 2.45) is 5.73 Å². The number of rotatable bonds is 6. The summed E-state index contributed by atoms with van der Waals surface area (Å²) in [6.07, 6.45) is 1.48. The number of ketones is 1. The van der Waals surface area contributed by atoms with Crippen molar-refractivity contribution in [2.45, 2.75) is 6.54 Å². The summed E-state index contributed by atoms with van der Waals surface area (Å²) in [4.78, 5) is 35.6. The number of methoxy groups -OCH3 is 1. The summed E-state index contributed by atoms with van der Waals surface area (Å²) in [6, 6.07) is 14.0. The summed E-state index contributed by atoms with van der Waals surface area (Å²) in [5.74, 6) is -1.39. The molecule has 0 aliphatic heterocycles. The number of hydrogen-bond acceptors (Lipinski definition) is 4. The molecule has 1 heterocycles. The van der Waals surface area contributed by atoms with E-state index in [9.17, 15) is 14.4 Å². The zero-order valence-corrected chi connectivity index (χ0v) is 14.1. The van der Waals surface area contributed by atoms with Crippen molar-refractivity contribution < 1.29 is 19.1 Å². The van der Waals surface area contributed by atoms with Gasteiger partial charge in [0.2, 0.25) is 5.91 Å². The number of amides is 2. The molecule has 7 heteroatoms. The highest BCUT2D eigenvalue weighted by atomic mass is 16.5. The molecule has 0 aliphatic carbocycles. The molecule has 0 radical (unpaired) electrons. The summed E-state index contributed by atoms with van der Waals surface area (Å²) in [5, 5.41) is 3.35. The van der Waals surface area contributed by atoms with Gasteiger partial charge in [0.05, 0.1) is 12.7 Å². The van der Waals surface area contributed by atoms with E-state index < -0.39 is 11.7 Å². The Morgan fingerprint density at radius 1 is 1.08 bits per heavy atom. The van der Waals surface area contributed by atoms with Gasteiger partial charge in [-0.25, -0.2) is 0 Å². The lowest BCUT2D eigenvalue weighted by molar-refractivity contribution is -0.116. The first-order valence-corrected chi connectivity index (χ1v) is 7.85. The normalized spacial score (nSPS) is 10.5. The molecule has 132 valence electrons. The average Bonchev–Trinajstić information content (AvgIpc) is 3.00. The first kappa shape index (κ1) is 17.2. The molecule has 3 rings (SSSR count). The van der Waals surface area contributed by atoms with E-state index in [-0.39, 0.29) is 18.0 Å². The second kappa shape index (κ2) is 7.10. The number of Topliss-reactive ketones (excluding diaryl/α,β-unsaturated/α-hetero) is 1. The Labute approximate surface area is 149 Å². The van der Waals surface area contributed by atoms with E-state index in [1.165, 1.54) is 6.20 Å². The molecule has 2 aromatic carbocycles. The fourth-order valence-corrected chi connectivity index (χ4v) is 2.72. The van der Waals surface area contributed by atoms with E-state index >= 15 is 0 Å². The van der Waals surface area contributed by atoms with Gasteiger partial charge in [-0.15, -0.1) is 0 Å². The number of carbonyl (C=O) groups excluding carboxylic acids is 3. The minimum absolute atomic E-state index is 0.0153. The Balaban J connectivity index is 1.84. The van der Waals surface area contributed by atoms with Crippen LogP contribution in [0.15, 0.2) is 54.7 Å². The van der Waals surface area contributed by atoms with Crippen molar-refractivity contribution in [3.63, 3.8) is 0 Å². The summed E-state index contributed by atoms with van der Waals surface area (Å²) >= 11 is 0. The third-order valence-electron chi connectivity index (χ3n) is 3.94. The van der Waals surface area contributed by atoms with Crippen LogP contribution in [-0.4, -0.2) is 29.3 Å². The standard InChI is InChI=1S/C19H17N3O4/c1-26-13-8-6-12(7-9-13)21-17(23)11-22-10-15(18(24)19(20)25)14-4-2-3-5-16(14)22/h2-10H,11H2,1H3,(H2,20,25)(H,21,23). The van der Waals surface area contributed by atoms with Crippen LogP contribution < -0.4 is 15.8 Å². The number of aromatic nitrogens is 1. The van der Waals surface area contributed by atoms with Gasteiger partial charge in [-0.05, 0) is 30.3 Å². The monoisotopic (exact) mass is 351 g/mol. The first-order chi connectivity index (χ1) is 12.5. The van der Waals surface area contributed by atoms with Crippen molar-refractivity contribution in [2.75, 3.05) is 12.4 Å². The zero-order chi connectivity index (χ0) is 18.7. The lowest BCUT2D eigenvalue weighted by Gasteiger charge is -2.08. The molecule has 1 aromatic heterocycles. The average molecular weight is 351 g/mol. The van der Waals surface area contributed by atoms with Crippen molar-refractivity contribution in [1.82, 2.24) is 4.57 Å². The molecule has 0 bridgehead atoms. The van der Waals surface area contributed by atoms with Crippen LogP contribution in [0.3, 0.4) is 0 Å². The third-order valence-corrected chi connectivity index (χ3v) is 3.94. The highest BCUT2D eigenvalue weighted by Gasteiger charge is 2.19. The van der Waals surface area contributed by atoms with Gasteiger partial charge >= 0.3 is 0 Å². The minimum Gasteiger partial charge on any atom is -0.497 e. The van der Waals surface area contributed by atoms with E-state index in [1.54, 1.807) is 60.2 Å². The van der Waals surface area contributed by atoms with E-state index in [2.05, 4.69) is 5.32 Å². The number of anilines is 1. The minimum atomic E-state index is -1.03. The molecule has 0 atom stereocenters. The van der Waals surface area contributed by atoms with Crippen LogP contribution in [0.25, 0.3) is 10.9 Å². The molecule has 3 aromatic rings. The van der Waals surface area contributed by atoms with Crippen molar-refractivity contribution in [3.05, 3.63) is 60.3 Å². The maximum absolute atomic E-state index is 12.4. The lowest BCUT2D eigenvalue weighted by Crippen LogP contribution is -2.23. The number of nitrogens with one attached hydrogen (secondary N) is 1. The summed E-state index contributed by atoms with van der Waals surface area (Å²) in [5.41, 5.74) is 6.59. The summed E-state index contributed by atoms with van der Waals surface area (Å²) < 4.78 is 6.69. The molecular formula is C19H17N3O4. The van der Waals surface area contributed by atoms with Crippen molar-refractivity contribution in [1.29, 1.82) is 0 Å². The van der Waals surface area contributed by atoms with Gasteiger partial charge in [0.1, 0.15) is 12.3 Å². The van der Waals surface area contributed by atoms with E-state index in [0.29, 0.717) is 22.3 Å². The third kappa shape index (κ3) is 3.41. The second-order valence-corrected chi connectivity index (χ2v) is 5.66. The molecule has 0 saturated carbocycles. The topological polar surface area (TPSA) is 103 Å². The van der Waals surface area contributed by atoms with Gasteiger partial charge in [0.15, 0.2) is 0 Å². The lowest BCUT2D eigenvalue weighted by atomic mass is 10.1. The maximum Gasteiger partial charge on any atom is 0.289 e. The van der Waals surface area contributed by atoms with Crippen LogP contribution in [0.4, 0.5) is 5.69 Å². The molecule has 7 nitrogen and oxygen atoms in total. The van der Waals surface area contributed by atoms with E-state index in [0.717, 1.165) is 0 Å². The smallest absolute Gasteiger partial charge is 0.289 e. The largest absolute Gasteiger partial charge is 0.497 e. The SMILES string of the molecule is COc1ccc(NC(=O)Cn2cc(C(=O)C(N)=O)c3ccccc32)cc1.